The predicted octanol–water partition coefficient (Wildman–Crippen LogP) is 3.30. The van der Waals surface area contributed by atoms with Gasteiger partial charge in [0, 0.05) is 12.2 Å². The zero-order valence-electron chi connectivity index (χ0n) is 13.5. The van der Waals surface area contributed by atoms with Gasteiger partial charge in [0.1, 0.15) is 11.9 Å². The van der Waals surface area contributed by atoms with E-state index in [1.807, 2.05) is 31.2 Å². The molecule has 23 heavy (non-hydrogen) atoms. The number of ether oxygens (including phenoxy) is 1. The molecule has 2 amide bonds. The van der Waals surface area contributed by atoms with E-state index in [2.05, 4.69) is 29.4 Å². The number of morpholine rings is 1. The molecule has 1 aliphatic rings. The first-order chi connectivity index (χ1) is 11.1. The molecule has 1 aromatic heterocycles. The number of aromatic nitrogens is 1. The maximum absolute atomic E-state index is 12.5. The number of carbonyl (C=O) groups is 1. The third-order valence-corrected chi connectivity index (χ3v) is 4.01. The van der Waals surface area contributed by atoms with Crippen molar-refractivity contribution in [2.45, 2.75) is 20.0 Å². The highest BCUT2D eigenvalue weighted by Crippen LogP contribution is 2.25. The Hall–Kier alpha value is -2.40. The van der Waals surface area contributed by atoms with Crippen molar-refractivity contribution in [2.75, 3.05) is 25.0 Å². The van der Waals surface area contributed by atoms with Gasteiger partial charge in [-0.25, -0.2) is 9.78 Å². The van der Waals surface area contributed by atoms with Crippen LogP contribution in [-0.2, 0) is 4.74 Å². The van der Waals surface area contributed by atoms with Crippen LogP contribution in [0.25, 0.3) is 0 Å². The van der Waals surface area contributed by atoms with Crippen molar-refractivity contribution in [1.29, 1.82) is 0 Å². The van der Waals surface area contributed by atoms with Crippen molar-refractivity contribution in [3.05, 3.63) is 59.3 Å². The molecule has 1 saturated heterocycles. The van der Waals surface area contributed by atoms with Crippen molar-refractivity contribution in [3.63, 3.8) is 0 Å². The molecule has 5 nitrogen and oxygen atoms in total. The van der Waals surface area contributed by atoms with Gasteiger partial charge in [0.25, 0.3) is 0 Å². The van der Waals surface area contributed by atoms with Crippen molar-refractivity contribution in [3.8, 4) is 0 Å². The number of carbonyl (C=O) groups excluding carboxylic acids is 1. The number of hydrogen-bond acceptors (Lipinski definition) is 3. The fraction of sp³-hybridized carbons (Fsp3) is 0.333. The van der Waals surface area contributed by atoms with Crippen molar-refractivity contribution < 1.29 is 9.53 Å². The Labute approximate surface area is 136 Å². The van der Waals surface area contributed by atoms with Gasteiger partial charge >= 0.3 is 6.03 Å². The Morgan fingerprint density at radius 1 is 1.22 bits per heavy atom. The van der Waals surface area contributed by atoms with Gasteiger partial charge in [-0.15, -0.1) is 0 Å². The molecule has 1 aliphatic heterocycles. The average Bonchev–Trinajstić information content (AvgIpc) is 2.55. The van der Waals surface area contributed by atoms with E-state index in [0.717, 1.165) is 11.3 Å². The lowest BCUT2D eigenvalue weighted by molar-refractivity contribution is -0.0138. The first-order valence-electron chi connectivity index (χ1n) is 7.80. The highest BCUT2D eigenvalue weighted by atomic mass is 16.5. The maximum Gasteiger partial charge on any atom is 0.323 e. The highest BCUT2D eigenvalue weighted by molar-refractivity contribution is 5.88. The van der Waals surface area contributed by atoms with Gasteiger partial charge in [0.15, 0.2) is 0 Å². The highest BCUT2D eigenvalue weighted by Gasteiger charge is 2.26. The van der Waals surface area contributed by atoms with E-state index < -0.39 is 0 Å². The van der Waals surface area contributed by atoms with E-state index >= 15 is 0 Å². The molecule has 0 radical (unpaired) electrons. The van der Waals surface area contributed by atoms with Gasteiger partial charge in [0.05, 0.1) is 13.2 Å². The molecule has 2 heterocycles. The van der Waals surface area contributed by atoms with E-state index in [4.69, 9.17) is 4.74 Å². The summed E-state index contributed by atoms with van der Waals surface area (Å²) in [6.45, 7) is 5.63. The smallest absolute Gasteiger partial charge is 0.323 e. The second-order valence-corrected chi connectivity index (χ2v) is 5.76. The fourth-order valence-electron chi connectivity index (χ4n) is 2.77. The average molecular weight is 311 g/mol. The number of anilines is 1. The van der Waals surface area contributed by atoms with Crippen molar-refractivity contribution >= 4 is 11.8 Å². The molecule has 5 heteroatoms. The quantitative estimate of drug-likeness (QED) is 0.926. The van der Waals surface area contributed by atoms with Gasteiger partial charge in [-0.3, -0.25) is 5.32 Å². The van der Waals surface area contributed by atoms with Crippen LogP contribution < -0.4 is 5.32 Å². The monoisotopic (exact) mass is 311 g/mol. The predicted molar refractivity (Wildman–Crippen MR) is 89.4 cm³/mol. The Bertz CT molecular complexity index is 702. The van der Waals surface area contributed by atoms with Gasteiger partial charge in [0.2, 0.25) is 0 Å². The summed E-state index contributed by atoms with van der Waals surface area (Å²) in [6.07, 6.45) is -0.0823. The van der Waals surface area contributed by atoms with Crippen LogP contribution in [0.2, 0.25) is 0 Å². The van der Waals surface area contributed by atoms with E-state index in [0.29, 0.717) is 25.5 Å². The van der Waals surface area contributed by atoms with Gasteiger partial charge in [-0.1, -0.05) is 30.3 Å². The lowest BCUT2D eigenvalue weighted by atomic mass is 10.0. The number of hydrogen-bond donors (Lipinski definition) is 1. The molecule has 1 aromatic carbocycles. The number of aryl methyl sites for hydroxylation is 2. The lowest BCUT2D eigenvalue weighted by Crippen LogP contribution is -2.44. The SMILES string of the molecule is Cc1cccc(NC(=O)N2CCO[C@@H](c3ccccc3C)C2)n1. The van der Waals surface area contributed by atoms with Gasteiger partial charge < -0.3 is 9.64 Å². The van der Waals surface area contributed by atoms with Crippen molar-refractivity contribution in [1.82, 2.24) is 9.88 Å². The summed E-state index contributed by atoms with van der Waals surface area (Å²) in [7, 11) is 0. The van der Waals surface area contributed by atoms with Gasteiger partial charge in [-0.2, -0.15) is 0 Å². The summed E-state index contributed by atoms with van der Waals surface area (Å²) in [6, 6.07) is 13.6. The Morgan fingerprint density at radius 2 is 2.04 bits per heavy atom. The summed E-state index contributed by atoms with van der Waals surface area (Å²) in [4.78, 5) is 18.6. The molecule has 1 N–H and O–H groups in total. The number of urea groups is 1. The molecule has 3 rings (SSSR count). The van der Waals surface area contributed by atoms with E-state index in [1.165, 1.54) is 5.56 Å². The largest absolute Gasteiger partial charge is 0.370 e. The molecule has 120 valence electrons. The fourth-order valence-corrected chi connectivity index (χ4v) is 2.77. The Kier molecular flexibility index (Phi) is 4.57. The van der Waals surface area contributed by atoms with Gasteiger partial charge in [-0.05, 0) is 37.1 Å². The number of nitrogens with zero attached hydrogens (tertiary/aromatic N) is 2. The summed E-state index contributed by atoms with van der Waals surface area (Å²) in [5, 5.41) is 2.86. The number of pyridine rings is 1. The molecule has 0 unspecified atom stereocenters. The molecule has 1 atom stereocenters. The van der Waals surface area contributed by atoms with E-state index in [-0.39, 0.29) is 12.1 Å². The third-order valence-electron chi connectivity index (χ3n) is 4.01. The molecular formula is C18H21N3O2. The van der Waals surface area contributed by atoms with E-state index in [9.17, 15) is 4.79 Å². The topological polar surface area (TPSA) is 54.5 Å². The second kappa shape index (κ2) is 6.79. The Morgan fingerprint density at radius 3 is 2.83 bits per heavy atom. The zero-order valence-corrected chi connectivity index (χ0v) is 13.5. The summed E-state index contributed by atoms with van der Waals surface area (Å²) in [5.41, 5.74) is 3.20. The van der Waals surface area contributed by atoms with Crippen LogP contribution in [0.15, 0.2) is 42.5 Å². The molecule has 0 aliphatic carbocycles. The normalized spacial score (nSPS) is 17.8. The van der Waals surface area contributed by atoms with Crippen LogP contribution in [0.1, 0.15) is 22.9 Å². The van der Waals surface area contributed by atoms with Crippen molar-refractivity contribution in [2.24, 2.45) is 0 Å². The summed E-state index contributed by atoms with van der Waals surface area (Å²) in [5.74, 6) is 0.578. The molecule has 2 aromatic rings. The third kappa shape index (κ3) is 3.68. The first kappa shape index (κ1) is 15.5. The number of benzene rings is 1. The summed E-state index contributed by atoms with van der Waals surface area (Å²) < 4.78 is 5.86. The van der Waals surface area contributed by atoms with Crippen LogP contribution in [-0.4, -0.2) is 35.6 Å². The molecule has 0 saturated carbocycles. The molecule has 1 fully saturated rings. The molecule has 0 bridgehead atoms. The summed E-state index contributed by atoms with van der Waals surface area (Å²) >= 11 is 0. The molecule has 0 spiro atoms. The molecular weight excluding hydrogens is 290 g/mol. The Balaban J connectivity index is 1.68. The second-order valence-electron chi connectivity index (χ2n) is 5.76. The number of rotatable bonds is 2. The number of nitrogens with one attached hydrogen (secondary N) is 1. The maximum atomic E-state index is 12.5. The number of amides is 2. The zero-order chi connectivity index (χ0) is 16.2. The van der Waals surface area contributed by atoms with Crippen LogP contribution in [0.3, 0.4) is 0 Å². The standard InChI is InChI=1S/C18H21N3O2/c1-13-6-3-4-8-15(13)16-12-21(10-11-23-16)18(22)20-17-9-5-7-14(2)19-17/h3-9,16H,10-12H2,1-2H3,(H,19,20,22)/t16-/m1/s1. The van der Waals surface area contributed by atoms with Crippen LogP contribution in [0.5, 0.6) is 0 Å². The van der Waals surface area contributed by atoms with Crippen LogP contribution in [0.4, 0.5) is 10.6 Å². The minimum atomic E-state index is -0.134. The van der Waals surface area contributed by atoms with Crippen LogP contribution >= 0.6 is 0 Å². The minimum Gasteiger partial charge on any atom is -0.370 e. The lowest BCUT2D eigenvalue weighted by Gasteiger charge is -2.33. The van der Waals surface area contributed by atoms with Crippen LogP contribution in [0, 0.1) is 13.8 Å². The van der Waals surface area contributed by atoms with E-state index in [1.54, 1.807) is 11.0 Å². The first-order valence-corrected chi connectivity index (χ1v) is 7.80. The minimum absolute atomic E-state index is 0.0823.